The van der Waals surface area contributed by atoms with Crippen LogP contribution >= 0.6 is 11.6 Å². The van der Waals surface area contributed by atoms with Crippen LogP contribution in [0.2, 0.25) is 5.15 Å². The Balaban J connectivity index is 2.89. The van der Waals surface area contributed by atoms with E-state index in [0.29, 0.717) is 5.56 Å². The molecule has 2 aromatic rings. The summed E-state index contributed by atoms with van der Waals surface area (Å²) < 4.78 is 0. The molecule has 0 amide bonds. The fraction of sp³-hybridized carbons (Fsp3) is 0.167. The van der Waals surface area contributed by atoms with Crippen molar-refractivity contribution in [2.45, 2.75) is 13.8 Å². The van der Waals surface area contributed by atoms with Gasteiger partial charge >= 0.3 is 5.97 Å². The number of fused-ring (bicyclic) bond motifs is 1. The molecule has 0 radical (unpaired) electrons. The maximum atomic E-state index is 11.0. The van der Waals surface area contributed by atoms with Crippen LogP contribution in [0.5, 0.6) is 0 Å². The zero-order valence-electron chi connectivity index (χ0n) is 8.91. The number of hydrogen-bond acceptors (Lipinski definition) is 2. The monoisotopic (exact) mass is 235 g/mol. The molecule has 0 atom stereocenters. The smallest absolute Gasteiger partial charge is 0.339 e. The van der Waals surface area contributed by atoms with Crippen molar-refractivity contribution >= 4 is 28.5 Å². The van der Waals surface area contributed by atoms with Crippen molar-refractivity contribution < 1.29 is 9.90 Å². The summed E-state index contributed by atoms with van der Waals surface area (Å²) >= 11 is 5.86. The number of benzene rings is 1. The molecular formula is C12H10ClNO2. The van der Waals surface area contributed by atoms with Gasteiger partial charge in [0.15, 0.2) is 0 Å². The Kier molecular flexibility index (Phi) is 2.56. The molecule has 0 saturated heterocycles. The number of nitrogens with zero attached hydrogens (tertiary/aromatic N) is 1. The average molecular weight is 236 g/mol. The lowest BCUT2D eigenvalue weighted by Crippen LogP contribution is -2.03. The number of rotatable bonds is 1. The predicted molar refractivity (Wildman–Crippen MR) is 63.2 cm³/mol. The predicted octanol–water partition coefficient (Wildman–Crippen LogP) is 3.20. The van der Waals surface area contributed by atoms with E-state index < -0.39 is 5.97 Å². The van der Waals surface area contributed by atoms with Gasteiger partial charge in [-0.25, -0.2) is 9.78 Å². The standard InChI is InChI=1S/C12H10ClNO2/c1-6-3-4-8-7(2)10(12(15)16)11(13)14-9(8)5-6/h3-5H,1-2H3,(H,15,16). The van der Waals surface area contributed by atoms with Crippen LogP contribution < -0.4 is 0 Å². The molecule has 0 unspecified atom stereocenters. The summed E-state index contributed by atoms with van der Waals surface area (Å²) in [7, 11) is 0. The number of aromatic carboxylic acids is 1. The van der Waals surface area contributed by atoms with Gasteiger partial charge in [-0.15, -0.1) is 0 Å². The Bertz CT molecular complexity index is 593. The van der Waals surface area contributed by atoms with Crippen molar-refractivity contribution in [3.8, 4) is 0 Å². The van der Waals surface area contributed by atoms with Gasteiger partial charge in [0.1, 0.15) is 10.7 Å². The van der Waals surface area contributed by atoms with E-state index in [-0.39, 0.29) is 10.7 Å². The topological polar surface area (TPSA) is 50.2 Å². The van der Waals surface area contributed by atoms with Crippen molar-refractivity contribution in [3.63, 3.8) is 0 Å². The van der Waals surface area contributed by atoms with Crippen molar-refractivity contribution in [2.24, 2.45) is 0 Å². The molecule has 0 bridgehead atoms. The normalized spacial score (nSPS) is 10.7. The van der Waals surface area contributed by atoms with Crippen LogP contribution in [0, 0.1) is 13.8 Å². The maximum absolute atomic E-state index is 11.0. The third-order valence-corrected chi connectivity index (χ3v) is 2.84. The average Bonchev–Trinajstić information content (AvgIpc) is 2.15. The highest BCUT2D eigenvalue weighted by Crippen LogP contribution is 2.26. The first-order valence-corrected chi connectivity index (χ1v) is 5.18. The second-order valence-corrected chi connectivity index (χ2v) is 4.09. The number of hydrogen-bond donors (Lipinski definition) is 1. The molecule has 16 heavy (non-hydrogen) atoms. The van der Waals surface area contributed by atoms with Gasteiger partial charge in [0, 0.05) is 5.39 Å². The van der Waals surface area contributed by atoms with Gasteiger partial charge in [-0.05, 0) is 31.0 Å². The van der Waals surface area contributed by atoms with Crippen LogP contribution in [0.4, 0.5) is 0 Å². The number of aromatic nitrogens is 1. The molecule has 1 aromatic carbocycles. The Morgan fingerprint density at radius 2 is 2.06 bits per heavy atom. The fourth-order valence-corrected chi connectivity index (χ4v) is 2.06. The van der Waals surface area contributed by atoms with E-state index in [0.717, 1.165) is 16.5 Å². The van der Waals surface area contributed by atoms with Crippen LogP contribution in [0.25, 0.3) is 10.9 Å². The third kappa shape index (κ3) is 1.63. The van der Waals surface area contributed by atoms with Gasteiger partial charge in [0.05, 0.1) is 5.52 Å². The number of pyridine rings is 1. The van der Waals surface area contributed by atoms with Crippen molar-refractivity contribution in [2.75, 3.05) is 0 Å². The van der Waals surface area contributed by atoms with E-state index in [2.05, 4.69) is 4.98 Å². The lowest BCUT2D eigenvalue weighted by molar-refractivity contribution is 0.0696. The minimum Gasteiger partial charge on any atom is -0.478 e. The van der Waals surface area contributed by atoms with Crippen molar-refractivity contribution in [1.29, 1.82) is 0 Å². The molecule has 0 fully saturated rings. The second-order valence-electron chi connectivity index (χ2n) is 3.73. The summed E-state index contributed by atoms with van der Waals surface area (Å²) in [6.45, 7) is 3.70. The molecule has 1 N–H and O–H groups in total. The molecule has 0 aliphatic rings. The van der Waals surface area contributed by atoms with Gasteiger partial charge in [-0.1, -0.05) is 23.7 Å². The van der Waals surface area contributed by atoms with Gasteiger partial charge in [0.2, 0.25) is 0 Å². The first-order valence-electron chi connectivity index (χ1n) is 4.80. The Hall–Kier alpha value is -1.61. The zero-order chi connectivity index (χ0) is 11.9. The van der Waals surface area contributed by atoms with Crippen LogP contribution in [0.3, 0.4) is 0 Å². The molecule has 2 rings (SSSR count). The largest absolute Gasteiger partial charge is 0.478 e. The van der Waals surface area contributed by atoms with Crippen molar-refractivity contribution in [3.05, 3.63) is 40.0 Å². The van der Waals surface area contributed by atoms with Gasteiger partial charge in [0.25, 0.3) is 0 Å². The van der Waals surface area contributed by atoms with Crippen LogP contribution in [-0.4, -0.2) is 16.1 Å². The van der Waals surface area contributed by atoms with E-state index in [1.807, 2.05) is 25.1 Å². The summed E-state index contributed by atoms with van der Waals surface area (Å²) in [5.74, 6) is -1.04. The minimum absolute atomic E-state index is 0.0445. The van der Waals surface area contributed by atoms with Gasteiger partial charge < -0.3 is 5.11 Å². The first kappa shape index (κ1) is 10.9. The van der Waals surface area contributed by atoms with E-state index >= 15 is 0 Å². The molecule has 0 aliphatic carbocycles. The van der Waals surface area contributed by atoms with Gasteiger partial charge in [-0.2, -0.15) is 0 Å². The molecule has 1 aromatic heterocycles. The lowest BCUT2D eigenvalue weighted by atomic mass is 10.0. The number of carbonyl (C=O) groups is 1. The van der Waals surface area contributed by atoms with Crippen molar-refractivity contribution in [1.82, 2.24) is 4.98 Å². The molecule has 4 heteroatoms. The summed E-state index contributed by atoms with van der Waals surface area (Å²) in [6.07, 6.45) is 0. The number of carboxylic acid groups (broad SMARTS) is 1. The highest BCUT2D eigenvalue weighted by molar-refractivity contribution is 6.33. The maximum Gasteiger partial charge on any atom is 0.339 e. The summed E-state index contributed by atoms with van der Waals surface area (Å²) in [4.78, 5) is 15.1. The summed E-state index contributed by atoms with van der Waals surface area (Å²) in [6, 6.07) is 5.69. The molecule has 0 saturated carbocycles. The molecule has 3 nitrogen and oxygen atoms in total. The number of aryl methyl sites for hydroxylation is 2. The highest BCUT2D eigenvalue weighted by atomic mass is 35.5. The Morgan fingerprint density at radius 1 is 1.38 bits per heavy atom. The van der Waals surface area contributed by atoms with Crippen LogP contribution in [-0.2, 0) is 0 Å². The Labute approximate surface area is 97.7 Å². The number of halogens is 1. The van der Waals surface area contributed by atoms with Crippen LogP contribution in [0.15, 0.2) is 18.2 Å². The van der Waals surface area contributed by atoms with E-state index in [4.69, 9.17) is 16.7 Å². The number of carboxylic acids is 1. The molecule has 1 heterocycles. The van der Waals surface area contributed by atoms with E-state index in [1.165, 1.54) is 0 Å². The molecule has 82 valence electrons. The SMILES string of the molecule is Cc1ccc2c(C)c(C(=O)O)c(Cl)nc2c1. The van der Waals surface area contributed by atoms with Crippen LogP contribution in [0.1, 0.15) is 21.5 Å². The first-order chi connectivity index (χ1) is 7.50. The zero-order valence-corrected chi connectivity index (χ0v) is 9.67. The summed E-state index contributed by atoms with van der Waals surface area (Å²) in [5, 5.41) is 9.91. The fourth-order valence-electron chi connectivity index (χ4n) is 1.75. The quantitative estimate of drug-likeness (QED) is 0.773. The summed E-state index contributed by atoms with van der Waals surface area (Å²) in [5.41, 5.74) is 2.53. The molecule has 0 aliphatic heterocycles. The van der Waals surface area contributed by atoms with E-state index in [9.17, 15) is 4.79 Å². The minimum atomic E-state index is -1.04. The van der Waals surface area contributed by atoms with Gasteiger partial charge in [-0.3, -0.25) is 0 Å². The molecular weight excluding hydrogens is 226 g/mol. The highest BCUT2D eigenvalue weighted by Gasteiger charge is 2.16. The third-order valence-electron chi connectivity index (χ3n) is 2.57. The van der Waals surface area contributed by atoms with E-state index in [1.54, 1.807) is 6.92 Å². The molecule has 0 spiro atoms. The Morgan fingerprint density at radius 3 is 2.69 bits per heavy atom. The lowest BCUT2D eigenvalue weighted by Gasteiger charge is -2.07. The second kappa shape index (κ2) is 3.76.